The van der Waals surface area contributed by atoms with Crippen LogP contribution in [0.1, 0.15) is 34.3 Å². The van der Waals surface area contributed by atoms with E-state index >= 15 is 0 Å². The van der Waals surface area contributed by atoms with Crippen molar-refractivity contribution in [1.29, 1.82) is 0 Å². The highest BCUT2D eigenvalue weighted by Crippen LogP contribution is 2.30. The third kappa shape index (κ3) is 5.79. The smallest absolute Gasteiger partial charge is 0.343 e. The quantitative estimate of drug-likeness (QED) is 0.727. The van der Waals surface area contributed by atoms with E-state index in [-0.39, 0.29) is 11.4 Å². The van der Waals surface area contributed by atoms with Crippen LogP contribution < -0.4 is 5.32 Å². The fourth-order valence-corrected chi connectivity index (χ4v) is 2.88. The van der Waals surface area contributed by atoms with E-state index in [1.807, 2.05) is 5.32 Å². The molecule has 1 N–H and O–H groups in total. The Balaban J connectivity index is 1.62. The minimum absolute atomic E-state index is 0.176. The van der Waals surface area contributed by atoms with Crippen LogP contribution in [0.2, 0.25) is 0 Å². The highest BCUT2D eigenvalue weighted by molar-refractivity contribution is 5.94. The number of carbonyl (C=O) groups excluding carboxylic acids is 1. The number of benzene rings is 2. The van der Waals surface area contributed by atoms with Crippen LogP contribution in [0.25, 0.3) is 0 Å². The van der Waals surface area contributed by atoms with E-state index in [9.17, 15) is 22.4 Å². The number of amides is 1. The number of rotatable bonds is 7. The Morgan fingerprint density at radius 1 is 1.04 bits per heavy atom. The summed E-state index contributed by atoms with van der Waals surface area (Å²) in [6, 6.07) is 13.5. The highest BCUT2D eigenvalue weighted by atomic mass is 19.4. The molecule has 0 saturated heterocycles. The number of hydrogen-bond acceptors (Lipinski definition) is 2. The highest BCUT2D eigenvalue weighted by Gasteiger charge is 2.30. The maximum atomic E-state index is 13.9. The lowest BCUT2D eigenvalue weighted by Gasteiger charge is -2.22. The summed E-state index contributed by atoms with van der Waals surface area (Å²) in [6.45, 7) is -0.277. The van der Waals surface area contributed by atoms with Gasteiger partial charge in [0.25, 0.3) is 5.91 Å². The van der Waals surface area contributed by atoms with Crippen LogP contribution in [0.3, 0.4) is 0 Å². The molecule has 144 valence electrons. The summed E-state index contributed by atoms with van der Waals surface area (Å²) in [6.07, 6.45) is -2.31. The number of nitrogens with one attached hydrogen (secondary N) is 1. The minimum Gasteiger partial charge on any atom is -0.343 e. The number of hydrogen-bond donors (Lipinski definition) is 1. The second-order valence-electron chi connectivity index (χ2n) is 6.72. The first-order chi connectivity index (χ1) is 12.8. The van der Waals surface area contributed by atoms with Gasteiger partial charge in [-0.1, -0.05) is 30.3 Å². The number of halogens is 4. The third-order valence-electron chi connectivity index (χ3n) is 4.45. The Kier molecular flexibility index (Phi) is 5.79. The van der Waals surface area contributed by atoms with E-state index < -0.39 is 18.6 Å². The molecule has 3 rings (SSSR count). The molecule has 0 aromatic heterocycles. The van der Waals surface area contributed by atoms with Crippen LogP contribution in [-0.4, -0.2) is 29.6 Å². The van der Waals surface area contributed by atoms with Gasteiger partial charge in [-0.05, 0) is 36.6 Å². The van der Waals surface area contributed by atoms with Crippen LogP contribution in [0.4, 0.5) is 17.6 Å². The van der Waals surface area contributed by atoms with Gasteiger partial charge in [0.1, 0.15) is 12.4 Å². The van der Waals surface area contributed by atoms with Gasteiger partial charge in [0.05, 0.1) is 0 Å². The molecule has 0 aliphatic heterocycles. The Hall–Kier alpha value is -2.41. The standard InChI is InChI=1S/C20H20F4N2O/c21-18-4-2-1-3-16(18)12-26(17-9-10-17)11-14-5-7-15(8-6-14)19(27)25-13-20(22,23)24/h1-8,17H,9-13H2,(H,25,27). The Bertz CT molecular complexity index is 785. The molecular weight excluding hydrogens is 360 g/mol. The molecule has 27 heavy (non-hydrogen) atoms. The predicted octanol–water partition coefficient (Wildman–Crippen LogP) is 4.28. The van der Waals surface area contributed by atoms with E-state index in [4.69, 9.17) is 0 Å². The normalized spacial score (nSPS) is 14.4. The Morgan fingerprint density at radius 2 is 1.70 bits per heavy atom. The van der Waals surface area contributed by atoms with Crippen molar-refractivity contribution < 1.29 is 22.4 Å². The van der Waals surface area contributed by atoms with Gasteiger partial charge in [0.15, 0.2) is 0 Å². The summed E-state index contributed by atoms with van der Waals surface area (Å²) < 4.78 is 50.5. The molecule has 0 bridgehead atoms. The van der Waals surface area contributed by atoms with Crippen LogP contribution in [0, 0.1) is 5.82 Å². The van der Waals surface area contributed by atoms with Crippen molar-refractivity contribution in [2.45, 2.75) is 38.1 Å². The van der Waals surface area contributed by atoms with Gasteiger partial charge < -0.3 is 5.32 Å². The van der Waals surface area contributed by atoms with E-state index in [2.05, 4.69) is 4.90 Å². The average molecular weight is 380 g/mol. The van der Waals surface area contributed by atoms with E-state index in [1.165, 1.54) is 18.2 Å². The summed E-state index contributed by atoms with van der Waals surface area (Å²) >= 11 is 0. The summed E-state index contributed by atoms with van der Waals surface area (Å²) in [5.41, 5.74) is 1.73. The summed E-state index contributed by atoms with van der Waals surface area (Å²) in [4.78, 5) is 13.9. The van der Waals surface area contributed by atoms with E-state index in [1.54, 1.807) is 30.3 Å². The zero-order valence-electron chi connectivity index (χ0n) is 14.6. The van der Waals surface area contributed by atoms with Crippen LogP contribution >= 0.6 is 0 Å². The van der Waals surface area contributed by atoms with Gasteiger partial charge in [-0.15, -0.1) is 0 Å². The van der Waals surface area contributed by atoms with E-state index in [0.29, 0.717) is 24.7 Å². The molecular formula is C20H20F4N2O. The van der Waals surface area contributed by atoms with Gasteiger partial charge in [0, 0.05) is 30.3 Å². The third-order valence-corrected chi connectivity index (χ3v) is 4.45. The molecule has 0 atom stereocenters. The molecule has 0 heterocycles. The fourth-order valence-electron chi connectivity index (χ4n) is 2.88. The SMILES string of the molecule is O=C(NCC(F)(F)F)c1ccc(CN(Cc2ccccc2F)C2CC2)cc1. The molecule has 2 aromatic carbocycles. The molecule has 7 heteroatoms. The van der Waals surface area contributed by atoms with Crippen molar-refractivity contribution in [3.8, 4) is 0 Å². The molecule has 2 aromatic rings. The lowest BCUT2D eigenvalue weighted by Crippen LogP contribution is -2.33. The molecule has 0 spiro atoms. The van der Waals surface area contributed by atoms with Crippen LogP contribution in [0.15, 0.2) is 48.5 Å². The first kappa shape index (κ1) is 19.4. The summed E-state index contributed by atoms with van der Waals surface area (Å²) in [5.74, 6) is -0.996. The maximum absolute atomic E-state index is 13.9. The Labute approximate surface area is 155 Å². The molecule has 0 unspecified atom stereocenters. The summed E-state index contributed by atoms with van der Waals surface area (Å²) in [7, 11) is 0. The van der Waals surface area contributed by atoms with Gasteiger partial charge in [-0.25, -0.2) is 4.39 Å². The lowest BCUT2D eigenvalue weighted by atomic mass is 10.1. The number of nitrogens with zero attached hydrogens (tertiary/aromatic N) is 1. The van der Waals surface area contributed by atoms with Crippen LogP contribution in [-0.2, 0) is 13.1 Å². The van der Waals surface area contributed by atoms with Gasteiger partial charge in [-0.3, -0.25) is 9.69 Å². The molecule has 1 saturated carbocycles. The topological polar surface area (TPSA) is 32.3 Å². The first-order valence-electron chi connectivity index (χ1n) is 8.73. The zero-order chi connectivity index (χ0) is 19.4. The van der Waals surface area contributed by atoms with Crippen molar-refractivity contribution in [3.63, 3.8) is 0 Å². The van der Waals surface area contributed by atoms with Gasteiger partial charge in [-0.2, -0.15) is 13.2 Å². The Morgan fingerprint density at radius 3 is 2.30 bits per heavy atom. The number of carbonyl (C=O) groups is 1. The van der Waals surface area contributed by atoms with E-state index in [0.717, 1.165) is 18.4 Å². The van der Waals surface area contributed by atoms with Crippen molar-refractivity contribution in [2.75, 3.05) is 6.54 Å². The minimum atomic E-state index is -4.44. The molecule has 3 nitrogen and oxygen atoms in total. The second kappa shape index (κ2) is 8.08. The molecule has 1 aliphatic rings. The molecule has 1 fully saturated rings. The number of alkyl halides is 3. The van der Waals surface area contributed by atoms with Crippen molar-refractivity contribution in [2.24, 2.45) is 0 Å². The van der Waals surface area contributed by atoms with Gasteiger partial charge >= 0.3 is 6.18 Å². The van der Waals surface area contributed by atoms with Crippen molar-refractivity contribution in [1.82, 2.24) is 10.2 Å². The lowest BCUT2D eigenvalue weighted by molar-refractivity contribution is -0.123. The van der Waals surface area contributed by atoms with Gasteiger partial charge in [0.2, 0.25) is 0 Å². The monoisotopic (exact) mass is 380 g/mol. The fraction of sp³-hybridized carbons (Fsp3) is 0.350. The van der Waals surface area contributed by atoms with Crippen molar-refractivity contribution in [3.05, 3.63) is 71.0 Å². The average Bonchev–Trinajstić information content (AvgIpc) is 3.46. The van der Waals surface area contributed by atoms with Crippen molar-refractivity contribution >= 4 is 5.91 Å². The zero-order valence-corrected chi connectivity index (χ0v) is 14.6. The second-order valence-corrected chi connectivity index (χ2v) is 6.72. The maximum Gasteiger partial charge on any atom is 0.405 e. The van der Waals surface area contributed by atoms with Crippen LogP contribution in [0.5, 0.6) is 0 Å². The molecule has 1 aliphatic carbocycles. The molecule has 1 amide bonds. The molecule has 0 radical (unpaired) electrons. The first-order valence-corrected chi connectivity index (χ1v) is 8.73. The predicted molar refractivity (Wildman–Crippen MR) is 93.5 cm³/mol. The summed E-state index contributed by atoms with van der Waals surface area (Å²) in [5, 5.41) is 1.85. The largest absolute Gasteiger partial charge is 0.405 e.